The highest BCUT2D eigenvalue weighted by atomic mass is 32.2. The highest BCUT2D eigenvalue weighted by molar-refractivity contribution is 7.92. The van der Waals surface area contributed by atoms with Crippen LogP contribution in [0.3, 0.4) is 0 Å². The molecule has 100 valence electrons. The Morgan fingerprint density at radius 3 is 2.63 bits per heavy atom. The first-order chi connectivity index (χ1) is 9.16. The van der Waals surface area contributed by atoms with Gasteiger partial charge < -0.3 is 4.42 Å². The lowest BCUT2D eigenvalue weighted by molar-refractivity contribution is 0.562. The third-order valence-corrected chi connectivity index (χ3v) is 3.64. The molecule has 0 radical (unpaired) electrons. The molecule has 0 spiro atoms. The van der Waals surface area contributed by atoms with Gasteiger partial charge in [0.1, 0.15) is 0 Å². The van der Waals surface area contributed by atoms with Crippen molar-refractivity contribution >= 4 is 16.1 Å². The van der Waals surface area contributed by atoms with Crippen molar-refractivity contribution < 1.29 is 12.8 Å². The summed E-state index contributed by atoms with van der Waals surface area (Å²) in [4.78, 5) is 0. The topological polar surface area (TPSA) is 59.3 Å². The van der Waals surface area contributed by atoms with Crippen LogP contribution in [0.25, 0.3) is 6.08 Å². The molecule has 0 aliphatic carbocycles. The number of hydrogen-bond acceptors (Lipinski definition) is 3. The fraction of sp³-hybridized carbons (Fsp3) is 0.143. The largest absolute Gasteiger partial charge is 0.472 e. The number of nitrogens with one attached hydrogen (secondary N) is 1. The van der Waals surface area contributed by atoms with Gasteiger partial charge in [-0.3, -0.25) is 0 Å². The Morgan fingerprint density at radius 1 is 1.16 bits per heavy atom. The fourth-order valence-corrected chi connectivity index (χ4v) is 2.37. The molecule has 0 saturated heterocycles. The Labute approximate surface area is 112 Å². The van der Waals surface area contributed by atoms with Gasteiger partial charge in [0.15, 0.2) is 0 Å². The predicted octanol–water partition coefficient (Wildman–Crippen LogP) is 2.41. The summed E-state index contributed by atoms with van der Waals surface area (Å²) >= 11 is 0. The van der Waals surface area contributed by atoms with E-state index in [1.165, 1.54) is 5.41 Å². The van der Waals surface area contributed by atoms with Crippen LogP contribution in [0, 0.1) is 0 Å². The van der Waals surface area contributed by atoms with Gasteiger partial charge in [-0.1, -0.05) is 30.3 Å². The van der Waals surface area contributed by atoms with Crippen molar-refractivity contribution in [2.24, 2.45) is 0 Å². The minimum atomic E-state index is -3.39. The standard InChI is InChI=1S/C14H15NO3S/c16-19(17,11-8-13-4-2-1-3-5-13)15-9-6-14-7-10-18-12-14/h1-5,7-8,10-12,15H,6,9H2/b11-8+. The van der Waals surface area contributed by atoms with Gasteiger partial charge in [0, 0.05) is 12.0 Å². The molecule has 2 aromatic rings. The van der Waals surface area contributed by atoms with Gasteiger partial charge in [0.05, 0.1) is 12.5 Å². The zero-order chi connectivity index (χ0) is 13.6. The molecule has 1 heterocycles. The lowest BCUT2D eigenvalue weighted by Gasteiger charge is -2.01. The quantitative estimate of drug-likeness (QED) is 0.882. The summed E-state index contributed by atoms with van der Waals surface area (Å²) < 4.78 is 30.8. The molecule has 1 aromatic heterocycles. The number of sulfonamides is 1. The van der Waals surface area contributed by atoms with Gasteiger partial charge in [0.2, 0.25) is 10.0 Å². The Morgan fingerprint density at radius 2 is 1.95 bits per heavy atom. The van der Waals surface area contributed by atoms with Crippen LogP contribution >= 0.6 is 0 Å². The number of rotatable bonds is 6. The molecule has 0 saturated carbocycles. The molecule has 2 rings (SSSR count). The molecule has 4 nitrogen and oxygen atoms in total. The van der Waals surface area contributed by atoms with E-state index >= 15 is 0 Å². The summed E-state index contributed by atoms with van der Waals surface area (Å²) in [6.45, 7) is 0.348. The molecule has 5 heteroatoms. The van der Waals surface area contributed by atoms with Crippen molar-refractivity contribution in [2.75, 3.05) is 6.54 Å². The normalized spacial score (nSPS) is 12.0. The van der Waals surface area contributed by atoms with Gasteiger partial charge in [0.25, 0.3) is 0 Å². The lowest BCUT2D eigenvalue weighted by Crippen LogP contribution is -2.23. The van der Waals surface area contributed by atoms with Crippen LogP contribution in [0.1, 0.15) is 11.1 Å². The van der Waals surface area contributed by atoms with Crippen LogP contribution in [0.2, 0.25) is 0 Å². The Balaban J connectivity index is 1.87. The first-order valence-corrected chi connectivity index (χ1v) is 7.44. The van der Waals surface area contributed by atoms with Gasteiger partial charge in [-0.05, 0) is 29.7 Å². The van der Waals surface area contributed by atoms with Crippen molar-refractivity contribution in [1.29, 1.82) is 0 Å². The molecular weight excluding hydrogens is 262 g/mol. The smallest absolute Gasteiger partial charge is 0.233 e. The SMILES string of the molecule is O=S(=O)(/C=C/c1ccccc1)NCCc1ccoc1. The molecular formula is C14H15NO3S. The van der Waals surface area contributed by atoms with Crippen LogP contribution in [0.5, 0.6) is 0 Å². The highest BCUT2D eigenvalue weighted by Gasteiger charge is 2.04. The summed E-state index contributed by atoms with van der Waals surface area (Å²) in [5, 5.41) is 1.18. The Bertz CT molecular complexity index is 616. The van der Waals surface area contributed by atoms with Crippen LogP contribution in [-0.4, -0.2) is 15.0 Å². The number of furan rings is 1. The van der Waals surface area contributed by atoms with E-state index < -0.39 is 10.0 Å². The summed E-state index contributed by atoms with van der Waals surface area (Å²) in [6, 6.07) is 11.1. The van der Waals surface area contributed by atoms with E-state index in [9.17, 15) is 8.42 Å². The molecule has 19 heavy (non-hydrogen) atoms. The molecule has 1 N–H and O–H groups in total. The maximum atomic E-state index is 11.7. The summed E-state index contributed by atoms with van der Waals surface area (Å²) in [5.41, 5.74) is 1.82. The second kappa shape index (κ2) is 6.36. The third-order valence-electron chi connectivity index (χ3n) is 2.54. The molecule has 0 bridgehead atoms. The fourth-order valence-electron chi connectivity index (χ4n) is 1.55. The second-order valence-electron chi connectivity index (χ2n) is 4.03. The molecule has 0 aliphatic heterocycles. The van der Waals surface area contributed by atoms with Crippen LogP contribution < -0.4 is 4.72 Å². The van der Waals surface area contributed by atoms with Gasteiger partial charge in [-0.15, -0.1) is 0 Å². The van der Waals surface area contributed by atoms with E-state index in [1.807, 2.05) is 36.4 Å². The first kappa shape index (κ1) is 13.6. The van der Waals surface area contributed by atoms with Crippen molar-refractivity contribution in [3.63, 3.8) is 0 Å². The van der Waals surface area contributed by atoms with Crippen LogP contribution in [0.15, 0.2) is 58.7 Å². The molecule has 0 fully saturated rings. The molecule has 0 aliphatic rings. The molecule has 0 unspecified atom stereocenters. The number of hydrogen-bond donors (Lipinski definition) is 1. The Hall–Kier alpha value is -1.85. The van der Waals surface area contributed by atoms with E-state index in [-0.39, 0.29) is 0 Å². The zero-order valence-electron chi connectivity index (χ0n) is 10.3. The highest BCUT2D eigenvalue weighted by Crippen LogP contribution is 2.03. The van der Waals surface area contributed by atoms with Gasteiger partial charge in [-0.25, -0.2) is 13.1 Å². The Kier molecular flexibility index (Phi) is 4.54. The van der Waals surface area contributed by atoms with E-state index in [4.69, 9.17) is 4.42 Å². The van der Waals surface area contributed by atoms with Crippen molar-refractivity contribution in [2.45, 2.75) is 6.42 Å². The lowest BCUT2D eigenvalue weighted by atomic mass is 10.2. The summed E-state index contributed by atoms with van der Waals surface area (Å²) in [6.07, 6.45) is 5.35. The monoisotopic (exact) mass is 277 g/mol. The predicted molar refractivity (Wildman–Crippen MR) is 74.8 cm³/mol. The minimum absolute atomic E-state index is 0.348. The van der Waals surface area contributed by atoms with Crippen LogP contribution in [0.4, 0.5) is 0 Å². The van der Waals surface area contributed by atoms with Gasteiger partial charge >= 0.3 is 0 Å². The third kappa shape index (κ3) is 4.73. The van der Waals surface area contributed by atoms with E-state index in [0.29, 0.717) is 13.0 Å². The van der Waals surface area contributed by atoms with E-state index in [0.717, 1.165) is 11.1 Å². The van der Waals surface area contributed by atoms with Crippen molar-refractivity contribution in [1.82, 2.24) is 4.72 Å². The van der Waals surface area contributed by atoms with Crippen molar-refractivity contribution in [3.8, 4) is 0 Å². The average Bonchev–Trinajstić information content (AvgIpc) is 2.91. The average molecular weight is 277 g/mol. The van der Waals surface area contributed by atoms with E-state index in [1.54, 1.807) is 18.6 Å². The molecule has 0 amide bonds. The second-order valence-corrected chi connectivity index (χ2v) is 5.69. The van der Waals surface area contributed by atoms with Crippen molar-refractivity contribution in [3.05, 3.63) is 65.5 Å². The molecule has 0 atom stereocenters. The maximum Gasteiger partial charge on any atom is 0.233 e. The summed E-state index contributed by atoms with van der Waals surface area (Å²) in [7, 11) is -3.39. The maximum absolute atomic E-state index is 11.7. The van der Waals surface area contributed by atoms with E-state index in [2.05, 4.69) is 4.72 Å². The molecule has 1 aromatic carbocycles. The number of benzene rings is 1. The first-order valence-electron chi connectivity index (χ1n) is 5.90. The zero-order valence-corrected chi connectivity index (χ0v) is 11.1. The van der Waals surface area contributed by atoms with Crippen LogP contribution in [-0.2, 0) is 16.4 Å². The van der Waals surface area contributed by atoms with Gasteiger partial charge in [-0.2, -0.15) is 0 Å². The minimum Gasteiger partial charge on any atom is -0.472 e. The summed E-state index contributed by atoms with van der Waals surface area (Å²) in [5.74, 6) is 0.